The number of piperazine rings is 1. The largest absolute Gasteiger partial charge is 0.392 e. The summed E-state index contributed by atoms with van der Waals surface area (Å²) in [5.74, 6) is -0.776. The van der Waals surface area contributed by atoms with Crippen molar-refractivity contribution in [2.75, 3.05) is 26.2 Å². The molecular weight excluding hydrogens is 566 g/mol. The van der Waals surface area contributed by atoms with Crippen LogP contribution in [0.15, 0.2) is 79.1 Å². The summed E-state index contributed by atoms with van der Waals surface area (Å²) >= 11 is 0. The molecule has 9 nitrogen and oxygen atoms in total. The third kappa shape index (κ3) is 8.98. The number of hydrogen-bond acceptors (Lipinski definition) is 7. The number of pyridine rings is 1. The van der Waals surface area contributed by atoms with Crippen molar-refractivity contribution in [3.05, 3.63) is 101 Å². The van der Waals surface area contributed by atoms with E-state index < -0.39 is 35.7 Å². The highest BCUT2D eigenvalue weighted by Crippen LogP contribution is 2.32. The van der Waals surface area contributed by atoms with Gasteiger partial charge in [0, 0.05) is 63.0 Å². The Hall–Kier alpha value is -3.63. The molecule has 3 aromatic rings. The van der Waals surface area contributed by atoms with E-state index in [2.05, 4.69) is 25.4 Å². The van der Waals surface area contributed by atoms with Gasteiger partial charge in [-0.1, -0.05) is 54.6 Å². The summed E-state index contributed by atoms with van der Waals surface area (Å²) in [7, 11) is 0. The number of hydrogen-bond donors (Lipinski definition) is 4. The van der Waals surface area contributed by atoms with Gasteiger partial charge < -0.3 is 20.8 Å². The molecule has 0 radical (unpaired) electrons. The molecule has 2 amide bonds. The number of rotatable bonds is 11. The Balaban J connectivity index is 1.29. The average Bonchev–Trinajstić information content (AvgIpc) is 3.32. The van der Waals surface area contributed by atoms with E-state index in [1.54, 1.807) is 12.4 Å². The number of nitrogens with one attached hydrogen (secondary N) is 2. The number of fused-ring (bicyclic) bond motifs is 1. The van der Waals surface area contributed by atoms with Crippen molar-refractivity contribution in [3.8, 4) is 0 Å². The van der Waals surface area contributed by atoms with Crippen LogP contribution in [0.25, 0.3) is 0 Å². The van der Waals surface area contributed by atoms with Crippen LogP contribution in [0.3, 0.4) is 0 Å². The van der Waals surface area contributed by atoms with Crippen LogP contribution in [0.4, 0.5) is 0 Å². The maximum atomic E-state index is 13.8. The van der Waals surface area contributed by atoms with Gasteiger partial charge in [0.25, 0.3) is 0 Å². The molecule has 2 aromatic carbocycles. The van der Waals surface area contributed by atoms with E-state index in [0.29, 0.717) is 32.5 Å². The second-order valence-electron chi connectivity index (χ2n) is 13.6. The van der Waals surface area contributed by atoms with E-state index in [1.165, 1.54) is 0 Å². The van der Waals surface area contributed by atoms with E-state index in [-0.39, 0.29) is 24.8 Å². The van der Waals surface area contributed by atoms with Gasteiger partial charge in [0.05, 0.1) is 18.2 Å². The third-order valence-corrected chi connectivity index (χ3v) is 8.73. The van der Waals surface area contributed by atoms with E-state index in [4.69, 9.17) is 0 Å². The first-order valence-corrected chi connectivity index (χ1v) is 16.0. The van der Waals surface area contributed by atoms with Crippen molar-refractivity contribution in [1.82, 2.24) is 25.4 Å². The molecule has 0 bridgehead atoms. The van der Waals surface area contributed by atoms with Gasteiger partial charge in [0.1, 0.15) is 6.04 Å². The third-order valence-electron chi connectivity index (χ3n) is 8.73. The van der Waals surface area contributed by atoms with Crippen molar-refractivity contribution in [1.29, 1.82) is 0 Å². The van der Waals surface area contributed by atoms with Crippen LogP contribution in [-0.4, -0.2) is 86.8 Å². The topological polar surface area (TPSA) is 118 Å². The molecule has 4 N–H and O–H groups in total. The van der Waals surface area contributed by atoms with Gasteiger partial charge in [-0.25, -0.2) is 0 Å². The predicted octanol–water partition coefficient (Wildman–Crippen LogP) is 2.87. The van der Waals surface area contributed by atoms with Gasteiger partial charge in [0.2, 0.25) is 11.8 Å². The lowest BCUT2D eigenvalue weighted by Crippen LogP contribution is -2.61. The molecule has 0 saturated carbocycles. The summed E-state index contributed by atoms with van der Waals surface area (Å²) in [5.41, 5.74) is 3.73. The highest BCUT2D eigenvalue weighted by molar-refractivity contribution is 5.83. The summed E-state index contributed by atoms with van der Waals surface area (Å²) in [4.78, 5) is 35.8. The molecule has 0 unspecified atom stereocenters. The highest BCUT2D eigenvalue weighted by atomic mass is 16.3. The molecule has 1 saturated heterocycles. The summed E-state index contributed by atoms with van der Waals surface area (Å²) in [6, 6.07) is 20.7. The Morgan fingerprint density at radius 2 is 1.69 bits per heavy atom. The van der Waals surface area contributed by atoms with Crippen LogP contribution >= 0.6 is 0 Å². The Bertz CT molecular complexity index is 1410. The van der Waals surface area contributed by atoms with Gasteiger partial charge >= 0.3 is 0 Å². The monoisotopic (exact) mass is 613 g/mol. The Kier molecular flexibility index (Phi) is 10.7. The number of benzene rings is 2. The number of aliphatic hydroxyl groups is 2. The fourth-order valence-corrected chi connectivity index (χ4v) is 6.56. The first-order valence-electron chi connectivity index (χ1n) is 16.0. The summed E-state index contributed by atoms with van der Waals surface area (Å²) < 4.78 is 0. The minimum atomic E-state index is -0.832. The normalized spacial score (nSPS) is 21.9. The number of carbonyl (C=O) groups excluding carboxylic acids is 2. The number of aliphatic hydroxyl groups excluding tert-OH is 2. The van der Waals surface area contributed by atoms with Gasteiger partial charge in [0.15, 0.2) is 0 Å². The first kappa shape index (κ1) is 32.8. The SMILES string of the molecule is CC(C)(C)NC(=O)[C@@H]1CN(Cc2ccncc2)CCN1C[C@@H](O)C[C@H](Cc1ccccc1)C(=O)N[C@H]1c2ccccc2C[C@H]1O. The molecule has 240 valence electrons. The predicted molar refractivity (Wildman–Crippen MR) is 174 cm³/mol. The molecule has 2 heterocycles. The van der Waals surface area contributed by atoms with Crippen LogP contribution in [0.1, 0.15) is 55.5 Å². The lowest BCUT2D eigenvalue weighted by molar-refractivity contribution is -0.132. The summed E-state index contributed by atoms with van der Waals surface area (Å²) in [6.07, 6.45) is 3.22. The van der Waals surface area contributed by atoms with Crippen molar-refractivity contribution < 1.29 is 19.8 Å². The zero-order valence-corrected chi connectivity index (χ0v) is 26.6. The molecule has 1 fully saturated rings. The van der Waals surface area contributed by atoms with E-state index in [9.17, 15) is 19.8 Å². The van der Waals surface area contributed by atoms with E-state index in [1.807, 2.05) is 87.5 Å². The summed E-state index contributed by atoms with van der Waals surface area (Å²) in [5, 5.41) is 28.5. The van der Waals surface area contributed by atoms with Gasteiger partial charge in [-0.15, -0.1) is 0 Å². The molecule has 5 rings (SSSR count). The maximum Gasteiger partial charge on any atom is 0.239 e. The van der Waals surface area contributed by atoms with Crippen molar-refractivity contribution >= 4 is 11.8 Å². The zero-order chi connectivity index (χ0) is 32.0. The smallest absolute Gasteiger partial charge is 0.239 e. The standard InChI is InChI=1S/C36H47N5O4/c1-36(2,3)39-35(45)31-24-40(22-26-13-15-37-16-14-26)17-18-41(31)23-29(42)20-28(19-25-9-5-4-6-10-25)34(44)38-33-30-12-8-7-11-27(30)21-32(33)43/h4-16,28-29,31-33,42-43H,17-24H2,1-3H3,(H,38,44)(H,39,45)/t28-,29-,31-,32+,33-/m0/s1. The zero-order valence-electron chi connectivity index (χ0n) is 26.6. The number of amides is 2. The van der Waals surface area contributed by atoms with Gasteiger partial charge in [-0.2, -0.15) is 0 Å². The first-order chi connectivity index (χ1) is 21.6. The number of nitrogens with zero attached hydrogens (tertiary/aromatic N) is 3. The summed E-state index contributed by atoms with van der Waals surface area (Å²) in [6.45, 7) is 8.79. The average molecular weight is 614 g/mol. The fourth-order valence-electron chi connectivity index (χ4n) is 6.56. The molecule has 9 heteroatoms. The molecule has 1 aliphatic heterocycles. The Morgan fingerprint density at radius 3 is 2.42 bits per heavy atom. The molecule has 0 spiro atoms. The van der Waals surface area contributed by atoms with Crippen LogP contribution in [0.2, 0.25) is 0 Å². The van der Waals surface area contributed by atoms with Gasteiger partial charge in [-0.3, -0.25) is 24.4 Å². The van der Waals surface area contributed by atoms with Crippen LogP contribution in [-0.2, 0) is 29.0 Å². The highest BCUT2D eigenvalue weighted by Gasteiger charge is 2.37. The molecule has 1 aliphatic carbocycles. The molecule has 45 heavy (non-hydrogen) atoms. The maximum absolute atomic E-state index is 13.8. The van der Waals surface area contributed by atoms with E-state index >= 15 is 0 Å². The van der Waals surface area contributed by atoms with Crippen LogP contribution < -0.4 is 10.6 Å². The number of carbonyl (C=O) groups is 2. The molecular formula is C36H47N5O4. The lowest BCUT2D eigenvalue weighted by atomic mass is 9.91. The van der Waals surface area contributed by atoms with Crippen molar-refractivity contribution in [3.63, 3.8) is 0 Å². The van der Waals surface area contributed by atoms with Crippen molar-refractivity contribution in [2.45, 2.75) is 76.4 Å². The molecule has 5 atom stereocenters. The Labute approximate surface area is 266 Å². The minimum Gasteiger partial charge on any atom is -0.392 e. The Morgan fingerprint density at radius 1 is 0.978 bits per heavy atom. The lowest BCUT2D eigenvalue weighted by Gasteiger charge is -2.42. The minimum absolute atomic E-state index is 0.0680. The molecule has 1 aromatic heterocycles. The second kappa shape index (κ2) is 14.6. The van der Waals surface area contributed by atoms with E-state index in [0.717, 1.165) is 28.8 Å². The number of aromatic nitrogens is 1. The fraction of sp³-hybridized carbons (Fsp3) is 0.472. The van der Waals surface area contributed by atoms with Crippen LogP contribution in [0, 0.1) is 5.92 Å². The van der Waals surface area contributed by atoms with Crippen molar-refractivity contribution in [2.24, 2.45) is 5.92 Å². The van der Waals surface area contributed by atoms with Crippen LogP contribution in [0.5, 0.6) is 0 Å². The second-order valence-corrected chi connectivity index (χ2v) is 13.6. The van der Waals surface area contributed by atoms with Gasteiger partial charge in [-0.05, 0) is 68.0 Å². The number of β-amino-alcohol motifs (C(OH)–C–C–N with tert-alkyl or cyclic N) is 1. The molecule has 2 aliphatic rings. The quantitative estimate of drug-likeness (QED) is 0.263.